The van der Waals surface area contributed by atoms with Gasteiger partial charge in [0.15, 0.2) is 0 Å². The van der Waals surface area contributed by atoms with E-state index in [1.54, 1.807) is 0 Å². The zero-order chi connectivity index (χ0) is 3.58. The van der Waals surface area contributed by atoms with E-state index in [1.807, 2.05) is 0 Å². The monoisotopic (exact) mass is 262 g/mol. The van der Waals surface area contributed by atoms with E-state index in [0.29, 0.717) is 0 Å². The van der Waals surface area contributed by atoms with Crippen molar-refractivity contribution in [3.05, 3.63) is 0 Å². The number of hydrogen-bond donors (Lipinski definition) is 0. The molecule has 0 spiro atoms. The average molecular weight is 263 g/mol. The van der Waals surface area contributed by atoms with Gasteiger partial charge in [-0.25, -0.2) is 0 Å². The molecule has 0 fully saturated rings. The molecule has 0 unspecified atom stereocenters. The molecule has 0 aromatic rings. The molecule has 3 nitrogen and oxygen atoms in total. The van der Waals surface area contributed by atoms with Crippen LogP contribution < -0.4 is 15.1 Å². The molecule has 0 aliphatic carbocycles. The Morgan fingerprint density at radius 1 is 1.00 bits per heavy atom. The van der Waals surface area contributed by atoms with E-state index in [1.165, 1.54) is 0 Å². The molecule has 0 saturated heterocycles. The normalized spacial score (nSPS) is 4.50. The molecule has 0 atom stereocenters. The summed E-state index contributed by atoms with van der Waals surface area (Å²) >= 11 is 0. The van der Waals surface area contributed by atoms with Crippen LogP contribution in [0.1, 0.15) is 0 Å². The van der Waals surface area contributed by atoms with Gasteiger partial charge in [-0.05, 0) is 0 Å². The second-order valence-corrected chi connectivity index (χ2v) is 0.289. The predicted molar refractivity (Wildman–Crippen MR) is 5.75 cm³/mol. The van der Waals surface area contributed by atoms with Crippen LogP contribution in [0.15, 0.2) is 0 Å². The molecule has 0 aromatic heterocycles. The molecule has 0 saturated carbocycles. The molecule has 24 valence electrons. The van der Waals surface area contributed by atoms with Crippen LogP contribution in [-0.2, 0) is 19.5 Å². The van der Waals surface area contributed by atoms with E-state index in [4.69, 9.17) is 15.1 Å². The Balaban J connectivity index is -0.0000000450. The van der Waals surface area contributed by atoms with Crippen LogP contribution >= 0.6 is 0 Å². The summed E-state index contributed by atoms with van der Waals surface area (Å²) in [5.74, 6) is 0. The van der Waals surface area contributed by atoms with E-state index in [0.717, 1.165) is 0 Å². The van der Waals surface area contributed by atoms with Gasteiger partial charge in [0.25, 0.3) is 0 Å². The Morgan fingerprint density at radius 2 is 1.00 bits per heavy atom. The molecule has 0 rings (SSSR count). The number of hydrogen-bond acceptors (Lipinski definition) is 3. The van der Waals surface area contributed by atoms with Crippen molar-refractivity contribution >= 4 is 7.32 Å². The van der Waals surface area contributed by atoms with Crippen LogP contribution in [0.3, 0.4) is 0 Å². The third kappa shape index (κ3) is 42.1. The van der Waals surface area contributed by atoms with Gasteiger partial charge in [0.2, 0.25) is 0 Å². The van der Waals surface area contributed by atoms with Crippen LogP contribution in [0.4, 0.5) is 0 Å². The third-order valence-corrected chi connectivity index (χ3v) is 0. The van der Waals surface area contributed by atoms with Gasteiger partial charge < -0.3 is 15.1 Å². The Labute approximate surface area is 76.7 Å². The minimum atomic E-state index is -2.92. The Morgan fingerprint density at radius 3 is 1.00 bits per heavy atom. The van der Waals surface area contributed by atoms with Crippen molar-refractivity contribution in [2.45, 2.75) is 0 Å². The second-order valence-electron chi connectivity index (χ2n) is 0.289. The first kappa shape index (κ1) is 15.7. The fourth-order valence-corrected chi connectivity index (χ4v) is 0. The van der Waals surface area contributed by atoms with Crippen molar-refractivity contribution < 1.29 is 70.1 Å². The zero-order valence-corrected chi connectivity index (χ0v) is 9.68. The van der Waals surface area contributed by atoms with E-state index < -0.39 is 7.32 Å². The summed E-state index contributed by atoms with van der Waals surface area (Å²) in [5, 5.41) is 25.2. The topological polar surface area (TPSA) is 69.2 Å². The van der Waals surface area contributed by atoms with Gasteiger partial charge in [-0.1, -0.05) is 0 Å². The Bertz CT molecular complexity index is 15.5. The number of rotatable bonds is 0. The molecule has 0 radical (unpaired) electrons. The standard InChI is InChI=1S/BO3.La.Zn/c2-1(3)4;;/q-3;+3;+2. The quantitative estimate of drug-likeness (QED) is 0.419. The zero-order valence-electron chi connectivity index (χ0n) is 3.09. The van der Waals surface area contributed by atoms with Gasteiger partial charge in [0.05, 0.1) is 0 Å². The molecule has 6 heavy (non-hydrogen) atoms. The molecule has 0 bridgehead atoms. The Hall–Kier alpha value is 1.76. The summed E-state index contributed by atoms with van der Waals surface area (Å²) in [6, 6.07) is 0. The molecule has 6 heteroatoms. The van der Waals surface area contributed by atoms with Crippen LogP contribution in [0.2, 0.25) is 0 Å². The average Bonchev–Trinajstić information content (AvgIpc) is 0.811. The van der Waals surface area contributed by atoms with Crippen molar-refractivity contribution in [3.63, 3.8) is 0 Å². The summed E-state index contributed by atoms with van der Waals surface area (Å²) in [6.07, 6.45) is 0. The predicted octanol–water partition coefficient (Wildman–Crippen LogP) is -3.95. The van der Waals surface area contributed by atoms with Gasteiger partial charge >= 0.3 is 55.1 Å². The van der Waals surface area contributed by atoms with Crippen LogP contribution in [-0.4, -0.2) is 7.32 Å². The first-order valence-electron chi connectivity index (χ1n) is 0.707. The van der Waals surface area contributed by atoms with Gasteiger partial charge in [-0.15, -0.1) is 0 Å². The molecule has 0 aliphatic heterocycles. The minimum Gasteiger partial charge on any atom is -0.907 e. The maximum atomic E-state index is 8.42. The first-order valence-corrected chi connectivity index (χ1v) is 0.707. The van der Waals surface area contributed by atoms with E-state index in [9.17, 15) is 0 Å². The van der Waals surface area contributed by atoms with Gasteiger partial charge in [0, 0.05) is 0 Å². The fourth-order valence-electron chi connectivity index (χ4n) is 0. The van der Waals surface area contributed by atoms with Crippen LogP contribution in [0, 0.1) is 35.6 Å². The summed E-state index contributed by atoms with van der Waals surface area (Å²) in [5.41, 5.74) is 0. The smallest absolute Gasteiger partial charge is 0.907 e. The van der Waals surface area contributed by atoms with Crippen LogP contribution in [0.25, 0.3) is 0 Å². The van der Waals surface area contributed by atoms with Crippen molar-refractivity contribution in [1.82, 2.24) is 0 Å². The van der Waals surface area contributed by atoms with Crippen molar-refractivity contribution in [2.75, 3.05) is 0 Å². The molecular weight excluding hydrogens is 263 g/mol. The first-order chi connectivity index (χ1) is 1.73. The SMILES string of the molecule is [La+3].[O-]B([O-])[O-].[Zn+2]. The van der Waals surface area contributed by atoms with Crippen molar-refractivity contribution in [1.29, 1.82) is 0 Å². The van der Waals surface area contributed by atoms with Gasteiger partial charge in [-0.2, -0.15) is 0 Å². The summed E-state index contributed by atoms with van der Waals surface area (Å²) in [7, 11) is -2.92. The summed E-state index contributed by atoms with van der Waals surface area (Å²) in [6.45, 7) is 0. The maximum absolute atomic E-state index is 8.42. The van der Waals surface area contributed by atoms with E-state index >= 15 is 0 Å². The van der Waals surface area contributed by atoms with Crippen molar-refractivity contribution in [3.8, 4) is 0 Å². The molecule has 0 aliphatic rings. The molecular formula is BLaO3Zn+2. The molecule has 0 N–H and O–H groups in total. The van der Waals surface area contributed by atoms with E-state index in [-0.39, 0.29) is 55.1 Å². The largest absolute Gasteiger partial charge is 3.00 e. The molecule has 0 aromatic carbocycles. The van der Waals surface area contributed by atoms with E-state index in [2.05, 4.69) is 0 Å². The van der Waals surface area contributed by atoms with Crippen molar-refractivity contribution in [2.24, 2.45) is 0 Å². The van der Waals surface area contributed by atoms with Gasteiger partial charge in [-0.3, -0.25) is 7.32 Å². The summed E-state index contributed by atoms with van der Waals surface area (Å²) in [4.78, 5) is 0. The second kappa shape index (κ2) is 9.90. The van der Waals surface area contributed by atoms with Gasteiger partial charge in [0.1, 0.15) is 0 Å². The van der Waals surface area contributed by atoms with Crippen LogP contribution in [0.5, 0.6) is 0 Å². The minimum absolute atomic E-state index is 0. The summed E-state index contributed by atoms with van der Waals surface area (Å²) < 4.78 is 0. The maximum Gasteiger partial charge on any atom is 3.00 e. The fraction of sp³-hybridized carbons (Fsp3) is 0. The molecule has 0 heterocycles. The Kier molecular flexibility index (Phi) is 25.8. The molecule has 0 amide bonds. The third-order valence-electron chi connectivity index (χ3n) is 0.